The van der Waals surface area contributed by atoms with Crippen LogP contribution in [0, 0.1) is 0 Å². The molecule has 23 heavy (non-hydrogen) atoms. The van der Waals surface area contributed by atoms with Crippen molar-refractivity contribution in [2.24, 2.45) is 0 Å². The quantitative estimate of drug-likeness (QED) is 0.653. The number of anilines is 1. The Morgan fingerprint density at radius 2 is 1.87 bits per heavy atom. The van der Waals surface area contributed by atoms with Gasteiger partial charge in [-0.25, -0.2) is 18.0 Å². The molecule has 1 fully saturated rings. The van der Waals surface area contributed by atoms with Crippen LogP contribution in [-0.4, -0.2) is 52.8 Å². The fourth-order valence-electron chi connectivity index (χ4n) is 2.70. The molecule has 1 aromatic carbocycles. The van der Waals surface area contributed by atoms with Crippen molar-refractivity contribution in [3.63, 3.8) is 0 Å². The summed E-state index contributed by atoms with van der Waals surface area (Å²) in [6.45, 7) is 0.399. The third-order valence-electron chi connectivity index (χ3n) is 3.93. The fourth-order valence-corrected chi connectivity index (χ4v) is 4.15. The minimum absolute atomic E-state index is 0.199. The molecule has 1 aliphatic heterocycles. The van der Waals surface area contributed by atoms with Crippen LogP contribution in [0.4, 0.5) is 10.5 Å². The summed E-state index contributed by atoms with van der Waals surface area (Å²) >= 11 is 0. The molecule has 0 bridgehead atoms. The van der Waals surface area contributed by atoms with E-state index in [0.717, 1.165) is 0 Å². The number of nitrogens with zero attached hydrogens (tertiary/aromatic N) is 1. The Hall–Kier alpha value is -2.49. The highest BCUT2D eigenvalue weighted by molar-refractivity contribution is 7.93. The van der Waals surface area contributed by atoms with Crippen LogP contribution in [0.25, 0.3) is 11.0 Å². The molecule has 0 radical (unpaired) electrons. The highest BCUT2D eigenvalue weighted by atomic mass is 32.2. The standard InChI is InChI=1S/C13H16N4O5S/c18-12-14-10-2-1-8(7-11(10)15-12)16-23(21,22)9-3-5-17(6-4-9)13(19)20/h1-2,7,9,16H,3-6H2,(H,19,20)(H2,14,15,18). The fraction of sp³-hybridized carbons (Fsp3) is 0.385. The van der Waals surface area contributed by atoms with Crippen LogP contribution in [0.3, 0.4) is 0 Å². The highest BCUT2D eigenvalue weighted by Crippen LogP contribution is 2.22. The van der Waals surface area contributed by atoms with Gasteiger partial charge >= 0.3 is 11.8 Å². The molecule has 10 heteroatoms. The summed E-state index contributed by atoms with van der Waals surface area (Å²) in [5, 5.41) is 8.25. The molecule has 0 saturated carbocycles. The van der Waals surface area contributed by atoms with Gasteiger partial charge in [-0.15, -0.1) is 0 Å². The number of hydrogen-bond acceptors (Lipinski definition) is 4. The molecular weight excluding hydrogens is 324 g/mol. The molecule has 124 valence electrons. The lowest BCUT2D eigenvalue weighted by molar-refractivity contribution is 0.136. The van der Waals surface area contributed by atoms with Gasteiger partial charge in [0.25, 0.3) is 0 Å². The molecule has 1 aliphatic rings. The number of benzene rings is 1. The topological polar surface area (TPSA) is 135 Å². The first-order valence-corrected chi connectivity index (χ1v) is 8.61. The van der Waals surface area contributed by atoms with Gasteiger partial charge in [-0.3, -0.25) is 4.72 Å². The zero-order chi connectivity index (χ0) is 16.6. The lowest BCUT2D eigenvalue weighted by atomic mass is 10.1. The predicted molar refractivity (Wildman–Crippen MR) is 84.1 cm³/mol. The Kier molecular flexibility index (Phi) is 3.76. The third-order valence-corrected chi connectivity index (χ3v) is 5.80. The maximum absolute atomic E-state index is 12.4. The van der Waals surface area contributed by atoms with Crippen molar-refractivity contribution in [1.82, 2.24) is 14.9 Å². The van der Waals surface area contributed by atoms with Crippen LogP contribution in [0.2, 0.25) is 0 Å². The normalized spacial score (nSPS) is 16.6. The number of amides is 1. The second-order valence-electron chi connectivity index (χ2n) is 5.46. The van der Waals surface area contributed by atoms with Crippen LogP contribution in [0.1, 0.15) is 12.8 Å². The molecule has 0 spiro atoms. The van der Waals surface area contributed by atoms with E-state index >= 15 is 0 Å². The monoisotopic (exact) mass is 340 g/mol. The molecule has 2 aromatic rings. The van der Waals surface area contributed by atoms with Crippen molar-refractivity contribution >= 4 is 32.8 Å². The number of imidazole rings is 1. The minimum Gasteiger partial charge on any atom is -0.465 e. The zero-order valence-electron chi connectivity index (χ0n) is 12.1. The summed E-state index contributed by atoms with van der Waals surface area (Å²) in [6, 6.07) is 4.71. The number of H-pyrrole nitrogens is 2. The average Bonchev–Trinajstić information content (AvgIpc) is 2.86. The third kappa shape index (κ3) is 3.16. The summed E-state index contributed by atoms with van der Waals surface area (Å²) in [6.07, 6.45) is -0.522. The van der Waals surface area contributed by atoms with Gasteiger partial charge in [-0.2, -0.15) is 0 Å². The summed E-state index contributed by atoms with van der Waals surface area (Å²) in [5.41, 5.74) is 1.10. The Bertz CT molecular complexity index is 892. The van der Waals surface area contributed by atoms with Gasteiger partial charge in [-0.1, -0.05) is 0 Å². The SMILES string of the molecule is O=C(O)N1CCC(S(=O)(=O)Nc2ccc3[nH]c(=O)[nH]c3c2)CC1. The van der Waals surface area contributed by atoms with Crippen LogP contribution < -0.4 is 10.4 Å². The number of nitrogens with one attached hydrogen (secondary N) is 3. The largest absolute Gasteiger partial charge is 0.465 e. The summed E-state index contributed by atoms with van der Waals surface area (Å²) < 4.78 is 27.3. The molecule has 4 N–H and O–H groups in total. The second-order valence-corrected chi connectivity index (χ2v) is 7.42. The molecule has 1 amide bonds. The van der Waals surface area contributed by atoms with E-state index in [-0.39, 0.29) is 31.6 Å². The Morgan fingerprint density at radius 3 is 2.52 bits per heavy atom. The van der Waals surface area contributed by atoms with Crippen molar-refractivity contribution in [1.29, 1.82) is 0 Å². The van der Waals surface area contributed by atoms with Crippen molar-refractivity contribution in [3.8, 4) is 0 Å². The minimum atomic E-state index is -3.62. The average molecular weight is 340 g/mol. The van der Waals surface area contributed by atoms with E-state index in [9.17, 15) is 18.0 Å². The van der Waals surface area contributed by atoms with Crippen LogP contribution >= 0.6 is 0 Å². The molecule has 0 unspecified atom stereocenters. The van der Waals surface area contributed by atoms with Crippen molar-refractivity contribution in [2.45, 2.75) is 18.1 Å². The molecule has 1 aromatic heterocycles. The van der Waals surface area contributed by atoms with E-state index in [1.807, 2.05) is 0 Å². The Balaban J connectivity index is 1.75. The van der Waals surface area contributed by atoms with Gasteiger partial charge in [0, 0.05) is 13.1 Å². The lowest BCUT2D eigenvalue weighted by Gasteiger charge is -2.29. The second kappa shape index (κ2) is 5.61. The molecule has 0 atom stereocenters. The first-order valence-electron chi connectivity index (χ1n) is 7.07. The maximum atomic E-state index is 12.4. The summed E-state index contributed by atoms with van der Waals surface area (Å²) in [7, 11) is -3.62. The predicted octanol–water partition coefficient (Wildman–Crippen LogP) is 0.740. The first-order chi connectivity index (χ1) is 10.8. The number of aromatic nitrogens is 2. The van der Waals surface area contributed by atoms with Gasteiger partial charge in [0.05, 0.1) is 22.0 Å². The summed E-state index contributed by atoms with van der Waals surface area (Å²) in [5.74, 6) is 0. The molecule has 3 rings (SSSR count). The van der Waals surface area contributed by atoms with Crippen LogP contribution in [0.15, 0.2) is 23.0 Å². The number of piperidine rings is 1. The van der Waals surface area contributed by atoms with Crippen LogP contribution in [-0.2, 0) is 10.0 Å². The number of hydrogen-bond donors (Lipinski definition) is 4. The highest BCUT2D eigenvalue weighted by Gasteiger charge is 2.31. The van der Waals surface area contributed by atoms with Gasteiger partial charge in [0.1, 0.15) is 0 Å². The van der Waals surface area contributed by atoms with Crippen LogP contribution in [0.5, 0.6) is 0 Å². The van der Waals surface area contributed by atoms with Gasteiger partial charge < -0.3 is 20.0 Å². The lowest BCUT2D eigenvalue weighted by Crippen LogP contribution is -2.43. The molecule has 2 heterocycles. The van der Waals surface area contributed by atoms with E-state index in [1.54, 1.807) is 12.1 Å². The molecule has 0 aliphatic carbocycles. The zero-order valence-corrected chi connectivity index (χ0v) is 12.9. The van der Waals surface area contributed by atoms with E-state index in [0.29, 0.717) is 16.7 Å². The van der Waals surface area contributed by atoms with Gasteiger partial charge in [0.2, 0.25) is 10.0 Å². The van der Waals surface area contributed by atoms with Crippen molar-refractivity contribution < 1.29 is 18.3 Å². The van der Waals surface area contributed by atoms with E-state index < -0.39 is 21.4 Å². The molecule has 1 saturated heterocycles. The van der Waals surface area contributed by atoms with E-state index in [1.165, 1.54) is 11.0 Å². The number of likely N-dealkylation sites (tertiary alicyclic amines) is 1. The molecular formula is C13H16N4O5S. The van der Waals surface area contributed by atoms with Crippen molar-refractivity contribution in [2.75, 3.05) is 17.8 Å². The number of sulfonamides is 1. The van der Waals surface area contributed by atoms with Gasteiger partial charge in [0.15, 0.2) is 0 Å². The van der Waals surface area contributed by atoms with E-state index in [4.69, 9.17) is 5.11 Å². The van der Waals surface area contributed by atoms with Gasteiger partial charge in [-0.05, 0) is 31.0 Å². The molecule has 9 nitrogen and oxygen atoms in total. The van der Waals surface area contributed by atoms with Crippen molar-refractivity contribution in [3.05, 3.63) is 28.7 Å². The number of carboxylic acid groups (broad SMARTS) is 1. The smallest absolute Gasteiger partial charge is 0.407 e. The number of fused-ring (bicyclic) bond motifs is 1. The number of carbonyl (C=O) groups is 1. The van der Waals surface area contributed by atoms with E-state index in [2.05, 4.69) is 14.7 Å². The maximum Gasteiger partial charge on any atom is 0.407 e. The number of rotatable bonds is 3. The Labute approximate surface area is 131 Å². The first kappa shape index (κ1) is 15.4. The Morgan fingerprint density at radius 1 is 1.22 bits per heavy atom. The summed E-state index contributed by atoms with van der Waals surface area (Å²) in [4.78, 5) is 28.4. The number of aromatic amines is 2.